The van der Waals surface area contributed by atoms with Crippen LogP contribution in [-0.4, -0.2) is 26.1 Å². The predicted molar refractivity (Wildman–Crippen MR) is 102 cm³/mol. The predicted octanol–water partition coefficient (Wildman–Crippen LogP) is 2.59. The Morgan fingerprint density at radius 2 is 1.81 bits per heavy atom. The summed E-state index contributed by atoms with van der Waals surface area (Å²) in [5, 5.41) is 15.0. The number of carbonyl (C=O) groups excluding carboxylic acids is 1. The molecule has 2 aromatic carbocycles. The summed E-state index contributed by atoms with van der Waals surface area (Å²) in [5.41, 5.74) is 2.28. The summed E-state index contributed by atoms with van der Waals surface area (Å²) < 4.78 is 5.30. The third-order valence-electron chi connectivity index (χ3n) is 3.88. The third-order valence-corrected chi connectivity index (χ3v) is 3.88. The fraction of sp³-hybridized carbons (Fsp3) is 0.238. The molecule has 0 saturated heterocycles. The number of nitrogens with zero attached hydrogens (tertiary/aromatic N) is 1. The zero-order valence-corrected chi connectivity index (χ0v) is 14.9. The number of amides is 1. The fourth-order valence-electron chi connectivity index (χ4n) is 2.50. The van der Waals surface area contributed by atoms with Crippen molar-refractivity contribution in [2.75, 3.05) is 20.2 Å². The summed E-state index contributed by atoms with van der Waals surface area (Å²) in [7, 11) is 1.64. The monoisotopic (exact) mass is 349 g/mol. The third kappa shape index (κ3) is 5.99. The molecule has 2 N–H and O–H groups in total. The van der Waals surface area contributed by atoms with Gasteiger partial charge in [-0.2, -0.15) is 5.26 Å². The van der Waals surface area contributed by atoms with E-state index < -0.39 is 0 Å². The minimum Gasteiger partial charge on any atom is -0.496 e. The Morgan fingerprint density at radius 3 is 2.54 bits per heavy atom. The lowest BCUT2D eigenvalue weighted by atomic mass is 10.1. The van der Waals surface area contributed by atoms with E-state index in [2.05, 4.69) is 10.6 Å². The lowest BCUT2D eigenvalue weighted by molar-refractivity contribution is -0.117. The molecule has 0 aliphatic rings. The number of rotatable bonds is 9. The molecule has 0 aliphatic carbocycles. The molecule has 0 saturated carbocycles. The molecule has 1 amide bonds. The highest BCUT2D eigenvalue weighted by Crippen LogP contribution is 2.17. The smallest absolute Gasteiger partial charge is 0.263 e. The number of nitrogens with one attached hydrogen (secondary N) is 2. The van der Waals surface area contributed by atoms with Crippen molar-refractivity contribution in [3.8, 4) is 11.8 Å². The van der Waals surface area contributed by atoms with Crippen LogP contribution in [0, 0.1) is 11.3 Å². The average Bonchev–Trinajstić information content (AvgIpc) is 2.69. The van der Waals surface area contributed by atoms with Gasteiger partial charge in [0.2, 0.25) is 0 Å². The average molecular weight is 349 g/mol. The van der Waals surface area contributed by atoms with Crippen LogP contribution in [-0.2, 0) is 17.6 Å². The van der Waals surface area contributed by atoms with Crippen molar-refractivity contribution in [3.63, 3.8) is 0 Å². The van der Waals surface area contributed by atoms with Gasteiger partial charge in [0.05, 0.1) is 7.11 Å². The van der Waals surface area contributed by atoms with E-state index in [-0.39, 0.29) is 11.5 Å². The number of hydrogen-bond donors (Lipinski definition) is 2. The number of hydrogen-bond acceptors (Lipinski definition) is 4. The zero-order valence-electron chi connectivity index (χ0n) is 14.9. The molecule has 0 fully saturated rings. The molecule has 2 aromatic rings. The molecule has 2 rings (SSSR count). The summed E-state index contributed by atoms with van der Waals surface area (Å²) in [6, 6.07) is 19.6. The molecule has 134 valence electrons. The van der Waals surface area contributed by atoms with E-state index in [4.69, 9.17) is 4.74 Å². The van der Waals surface area contributed by atoms with Crippen LogP contribution in [0.3, 0.4) is 0 Å². The summed E-state index contributed by atoms with van der Waals surface area (Å²) in [4.78, 5) is 12.1. The number of methoxy groups -OCH3 is 1. The fourth-order valence-corrected chi connectivity index (χ4v) is 2.50. The van der Waals surface area contributed by atoms with Crippen molar-refractivity contribution in [2.45, 2.75) is 12.8 Å². The van der Waals surface area contributed by atoms with Crippen molar-refractivity contribution < 1.29 is 9.53 Å². The van der Waals surface area contributed by atoms with Crippen LogP contribution in [0.1, 0.15) is 11.1 Å². The molecule has 0 heterocycles. The van der Waals surface area contributed by atoms with E-state index in [9.17, 15) is 10.1 Å². The van der Waals surface area contributed by atoms with Gasteiger partial charge in [-0.3, -0.25) is 4.79 Å². The molecule has 26 heavy (non-hydrogen) atoms. The van der Waals surface area contributed by atoms with Crippen molar-refractivity contribution in [2.24, 2.45) is 0 Å². The van der Waals surface area contributed by atoms with Crippen LogP contribution in [0.4, 0.5) is 0 Å². The first kappa shape index (κ1) is 19.1. The first-order valence-corrected chi connectivity index (χ1v) is 8.52. The highest BCUT2D eigenvalue weighted by atomic mass is 16.5. The normalized spacial score (nSPS) is 10.7. The lowest BCUT2D eigenvalue weighted by Crippen LogP contribution is -2.28. The molecule has 0 aromatic heterocycles. The lowest BCUT2D eigenvalue weighted by Gasteiger charge is -2.08. The second kappa shape index (κ2) is 10.6. The molecule has 0 bridgehead atoms. The minimum absolute atomic E-state index is 0.0677. The van der Waals surface area contributed by atoms with E-state index in [0.717, 1.165) is 29.7 Å². The van der Waals surface area contributed by atoms with Gasteiger partial charge >= 0.3 is 0 Å². The number of carbonyl (C=O) groups is 1. The molecular formula is C21H23N3O2. The topological polar surface area (TPSA) is 74.1 Å². The number of nitriles is 1. The van der Waals surface area contributed by atoms with Crippen LogP contribution < -0.4 is 15.4 Å². The Balaban J connectivity index is 1.77. The Bertz CT molecular complexity index is 779. The van der Waals surface area contributed by atoms with E-state index in [0.29, 0.717) is 13.1 Å². The van der Waals surface area contributed by atoms with Crippen LogP contribution in [0.15, 0.2) is 66.4 Å². The van der Waals surface area contributed by atoms with Crippen molar-refractivity contribution >= 4 is 5.91 Å². The van der Waals surface area contributed by atoms with Gasteiger partial charge in [-0.15, -0.1) is 0 Å². The molecule has 5 nitrogen and oxygen atoms in total. The van der Waals surface area contributed by atoms with E-state index in [1.165, 1.54) is 6.20 Å². The van der Waals surface area contributed by atoms with Crippen molar-refractivity contribution in [1.82, 2.24) is 10.6 Å². The van der Waals surface area contributed by atoms with Gasteiger partial charge in [0.15, 0.2) is 0 Å². The molecule has 0 atom stereocenters. The van der Waals surface area contributed by atoms with Gasteiger partial charge in [-0.05, 0) is 30.0 Å². The van der Waals surface area contributed by atoms with Gasteiger partial charge in [0.25, 0.3) is 5.91 Å². The Morgan fingerprint density at radius 1 is 1.08 bits per heavy atom. The molecule has 5 heteroatoms. The highest BCUT2D eigenvalue weighted by molar-refractivity contribution is 5.97. The van der Waals surface area contributed by atoms with Crippen LogP contribution >= 0.6 is 0 Å². The van der Waals surface area contributed by atoms with Crippen molar-refractivity contribution in [3.05, 3.63) is 77.5 Å². The summed E-state index contributed by atoms with van der Waals surface area (Å²) in [6.45, 7) is 1.09. The number of ether oxygens (including phenoxy) is 1. The number of para-hydroxylation sites is 1. The Hall–Kier alpha value is -3.26. The second-order valence-corrected chi connectivity index (χ2v) is 5.68. The SMILES string of the molecule is COc1ccccc1CCN/C=C(/C#N)C(=O)NCCc1ccccc1. The van der Waals surface area contributed by atoms with Gasteiger partial charge in [0, 0.05) is 19.3 Å². The van der Waals surface area contributed by atoms with Crippen molar-refractivity contribution in [1.29, 1.82) is 5.26 Å². The quantitative estimate of drug-likeness (QED) is 0.415. The first-order chi connectivity index (χ1) is 12.7. The van der Waals surface area contributed by atoms with Crippen LogP contribution in [0.5, 0.6) is 5.75 Å². The summed E-state index contributed by atoms with van der Waals surface area (Å²) in [6.07, 6.45) is 2.93. The van der Waals surface area contributed by atoms with E-state index in [1.54, 1.807) is 7.11 Å². The van der Waals surface area contributed by atoms with Crippen LogP contribution in [0.2, 0.25) is 0 Å². The van der Waals surface area contributed by atoms with E-state index in [1.807, 2.05) is 60.7 Å². The maximum Gasteiger partial charge on any atom is 0.263 e. The first-order valence-electron chi connectivity index (χ1n) is 8.52. The molecule has 0 radical (unpaired) electrons. The highest BCUT2D eigenvalue weighted by Gasteiger charge is 2.08. The largest absolute Gasteiger partial charge is 0.496 e. The Kier molecular flexibility index (Phi) is 7.75. The van der Waals surface area contributed by atoms with Gasteiger partial charge in [-0.25, -0.2) is 0 Å². The minimum atomic E-state index is -0.367. The van der Waals surface area contributed by atoms with Gasteiger partial charge < -0.3 is 15.4 Å². The standard InChI is InChI=1S/C21H23N3O2/c1-26-20-10-6-5-9-18(20)12-13-23-16-19(15-22)21(25)24-14-11-17-7-3-2-4-8-17/h2-10,16,23H,11-14H2,1H3,(H,24,25)/b19-16-. The molecule has 0 aliphatic heterocycles. The number of benzene rings is 2. The van der Waals surface area contributed by atoms with E-state index >= 15 is 0 Å². The summed E-state index contributed by atoms with van der Waals surface area (Å²) in [5.74, 6) is 0.464. The molecule has 0 unspecified atom stereocenters. The molecule has 0 spiro atoms. The molecular weight excluding hydrogens is 326 g/mol. The maximum atomic E-state index is 12.1. The maximum absolute atomic E-state index is 12.1. The Labute approximate surface area is 154 Å². The van der Waals surface area contributed by atoms with Gasteiger partial charge in [-0.1, -0.05) is 48.5 Å². The van der Waals surface area contributed by atoms with Gasteiger partial charge in [0.1, 0.15) is 17.4 Å². The van der Waals surface area contributed by atoms with Crippen LogP contribution in [0.25, 0.3) is 0 Å². The zero-order chi connectivity index (χ0) is 18.6. The second-order valence-electron chi connectivity index (χ2n) is 5.68. The summed E-state index contributed by atoms with van der Waals surface area (Å²) >= 11 is 0.